The van der Waals surface area contributed by atoms with Crippen molar-refractivity contribution in [1.82, 2.24) is 5.43 Å². The second kappa shape index (κ2) is 7.95. The van der Waals surface area contributed by atoms with Crippen LogP contribution in [0.4, 0.5) is 0 Å². The number of hydrogen-bond acceptors (Lipinski definition) is 3. The Morgan fingerprint density at radius 1 is 1.04 bits per heavy atom. The number of hydrogen-bond donors (Lipinski definition) is 1. The third-order valence-corrected chi connectivity index (χ3v) is 4.32. The van der Waals surface area contributed by atoms with Crippen LogP contribution in [-0.4, -0.2) is 18.2 Å². The van der Waals surface area contributed by atoms with Crippen molar-refractivity contribution in [3.8, 4) is 5.75 Å². The molecule has 126 valence electrons. The molecule has 1 amide bonds. The highest BCUT2D eigenvalue weighted by Gasteiger charge is 2.13. The van der Waals surface area contributed by atoms with Crippen LogP contribution >= 0.6 is 0 Å². The second-order valence-corrected chi connectivity index (χ2v) is 6.23. The van der Waals surface area contributed by atoms with E-state index in [1.807, 2.05) is 6.07 Å². The predicted molar refractivity (Wildman–Crippen MR) is 97.5 cm³/mol. The van der Waals surface area contributed by atoms with E-state index in [0.717, 1.165) is 40.8 Å². The smallest absolute Gasteiger partial charge is 0.240 e. The Balaban J connectivity index is 1.68. The number of amides is 1. The number of hydrazone groups is 1. The van der Waals surface area contributed by atoms with Crippen molar-refractivity contribution in [1.29, 1.82) is 0 Å². The lowest BCUT2D eigenvalue weighted by Crippen LogP contribution is -2.25. The minimum Gasteiger partial charge on any atom is -0.494 e. The molecule has 0 fully saturated rings. The molecule has 0 radical (unpaired) electrons. The van der Waals surface area contributed by atoms with E-state index in [0.29, 0.717) is 12.8 Å². The van der Waals surface area contributed by atoms with E-state index < -0.39 is 0 Å². The highest BCUT2D eigenvalue weighted by atomic mass is 16.5. The summed E-state index contributed by atoms with van der Waals surface area (Å²) in [6.45, 7) is 2.99. The Morgan fingerprint density at radius 3 is 2.67 bits per heavy atom. The first-order valence-corrected chi connectivity index (χ1v) is 8.78. The van der Waals surface area contributed by atoms with E-state index in [4.69, 9.17) is 4.74 Å². The molecule has 0 unspecified atom stereocenters. The molecule has 2 aromatic rings. The number of rotatable bonds is 7. The van der Waals surface area contributed by atoms with Gasteiger partial charge in [0.25, 0.3) is 0 Å². The fourth-order valence-corrected chi connectivity index (χ4v) is 2.89. The summed E-state index contributed by atoms with van der Waals surface area (Å²) in [6, 6.07) is 12.5. The van der Waals surface area contributed by atoms with Crippen LogP contribution in [0.2, 0.25) is 0 Å². The minimum atomic E-state index is -0.0136. The standard InChI is InChI=1S/C20H24N2O2/c1-2-3-4-5-12-24-18-9-8-15-13-17(7-6-16(15)14-18)19-10-11-20(23)22-21-19/h6-9,13-14H,2-5,10-12H2,1H3,(H,22,23). The molecule has 24 heavy (non-hydrogen) atoms. The third kappa shape index (κ3) is 4.13. The van der Waals surface area contributed by atoms with E-state index in [1.165, 1.54) is 19.3 Å². The summed E-state index contributed by atoms with van der Waals surface area (Å²) in [7, 11) is 0. The Bertz CT molecular complexity index is 752. The summed E-state index contributed by atoms with van der Waals surface area (Å²) in [5.74, 6) is 0.911. The zero-order valence-electron chi connectivity index (χ0n) is 14.2. The predicted octanol–water partition coefficient (Wildman–Crippen LogP) is 4.41. The van der Waals surface area contributed by atoms with Crippen molar-refractivity contribution in [3.05, 3.63) is 42.0 Å². The monoisotopic (exact) mass is 324 g/mol. The van der Waals surface area contributed by atoms with Gasteiger partial charge in [-0.05, 0) is 41.0 Å². The molecule has 0 spiro atoms. The van der Waals surface area contributed by atoms with Crippen LogP contribution in [-0.2, 0) is 4.79 Å². The van der Waals surface area contributed by atoms with Crippen molar-refractivity contribution in [2.75, 3.05) is 6.61 Å². The Kier molecular flexibility index (Phi) is 5.47. The fourth-order valence-electron chi connectivity index (χ4n) is 2.89. The van der Waals surface area contributed by atoms with Gasteiger partial charge in [-0.15, -0.1) is 0 Å². The van der Waals surface area contributed by atoms with E-state index in [1.54, 1.807) is 0 Å². The maximum absolute atomic E-state index is 11.2. The van der Waals surface area contributed by atoms with Gasteiger partial charge in [-0.1, -0.05) is 44.4 Å². The van der Waals surface area contributed by atoms with Gasteiger partial charge in [0.1, 0.15) is 5.75 Å². The van der Waals surface area contributed by atoms with E-state index in [9.17, 15) is 4.79 Å². The number of benzene rings is 2. The van der Waals surface area contributed by atoms with Crippen molar-refractivity contribution in [2.45, 2.75) is 45.4 Å². The molecule has 0 aliphatic carbocycles. The van der Waals surface area contributed by atoms with E-state index in [-0.39, 0.29) is 5.91 Å². The molecule has 4 nitrogen and oxygen atoms in total. The maximum Gasteiger partial charge on any atom is 0.240 e. The Hall–Kier alpha value is -2.36. The van der Waals surface area contributed by atoms with Crippen LogP contribution < -0.4 is 10.2 Å². The van der Waals surface area contributed by atoms with E-state index >= 15 is 0 Å². The van der Waals surface area contributed by atoms with Crippen LogP contribution in [0.3, 0.4) is 0 Å². The van der Waals surface area contributed by atoms with Crippen molar-refractivity contribution in [2.24, 2.45) is 5.10 Å². The second-order valence-electron chi connectivity index (χ2n) is 6.23. The number of carbonyl (C=O) groups is 1. The van der Waals surface area contributed by atoms with Gasteiger partial charge in [0.05, 0.1) is 12.3 Å². The van der Waals surface area contributed by atoms with Gasteiger partial charge in [0, 0.05) is 12.8 Å². The molecule has 0 saturated heterocycles. The lowest BCUT2D eigenvalue weighted by atomic mass is 10.0. The number of fused-ring (bicyclic) bond motifs is 1. The largest absolute Gasteiger partial charge is 0.494 e. The van der Waals surface area contributed by atoms with Crippen LogP contribution in [0.15, 0.2) is 41.5 Å². The molecule has 3 rings (SSSR count). The molecule has 1 aliphatic rings. The summed E-state index contributed by atoms with van der Waals surface area (Å²) < 4.78 is 5.85. The first-order valence-electron chi connectivity index (χ1n) is 8.78. The lowest BCUT2D eigenvalue weighted by Gasteiger charge is -2.13. The number of unbranched alkanes of at least 4 members (excludes halogenated alkanes) is 3. The van der Waals surface area contributed by atoms with Crippen molar-refractivity contribution >= 4 is 22.4 Å². The average molecular weight is 324 g/mol. The van der Waals surface area contributed by atoms with Crippen LogP contribution in [0.5, 0.6) is 5.75 Å². The molecule has 0 atom stereocenters. The molecular formula is C20H24N2O2. The quantitative estimate of drug-likeness (QED) is 0.767. The summed E-state index contributed by atoms with van der Waals surface area (Å²) in [6.07, 6.45) is 6.04. The van der Waals surface area contributed by atoms with E-state index in [2.05, 4.69) is 47.8 Å². The van der Waals surface area contributed by atoms with Gasteiger partial charge >= 0.3 is 0 Å². The van der Waals surface area contributed by atoms with Gasteiger partial charge in [-0.2, -0.15) is 5.10 Å². The van der Waals surface area contributed by atoms with Gasteiger partial charge in [0.15, 0.2) is 0 Å². The molecule has 1 N–H and O–H groups in total. The maximum atomic E-state index is 11.2. The highest BCUT2D eigenvalue weighted by Crippen LogP contribution is 2.23. The summed E-state index contributed by atoms with van der Waals surface area (Å²) in [5, 5.41) is 6.48. The summed E-state index contributed by atoms with van der Waals surface area (Å²) in [4.78, 5) is 11.2. The fraction of sp³-hybridized carbons (Fsp3) is 0.400. The minimum absolute atomic E-state index is 0.0136. The Labute approximate surface area is 142 Å². The topological polar surface area (TPSA) is 50.7 Å². The third-order valence-electron chi connectivity index (χ3n) is 4.32. The van der Waals surface area contributed by atoms with Gasteiger partial charge in [0.2, 0.25) is 5.91 Å². The molecule has 1 heterocycles. The SMILES string of the molecule is CCCCCCOc1ccc2cc(C3=NNC(=O)CC3)ccc2c1. The number of nitrogens with zero attached hydrogens (tertiary/aromatic N) is 1. The number of carbonyl (C=O) groups excluding carboxylic acids is 1. The van der Waals surface area contributed by atoms with Crippen LogP contribution in [0, 0.1) is 0 Å². The first-order chi connectivity index (χ1) is 11.8. The zero-order chi connectivity index (χ0) is 16.8. The molecule has 2 aromatic carbocycles. The highest BCUT2D eigenvalue weighted by molar-refractivity contribution is 6.06. The average Bonchev–Trinajstić information content (AvgIpc) is 2.62. The molecule has 0 saturated carbocycles. The molecule has 0 bridgehead atoms. The lowest BCUT2D eigenvalue weighted by molar-refractivity contribution is -0.121. The van der Waals surface area contributed by atoms with Crippen molar-refractivity contribution < 1.29 is 9.53 Å². The normalized spacial score (nSPS) is 14.4. The molecule has 4 heteroatoms. The van der Waals surface area contributed by atoms with Gasteiger partial charge < -0.3 is 4.74 Å². The molecule has 0 aromatic heterocycles. The molecular weight excluding hydrogens is 300 g/mol. The number of nitrogens with one attached hydrogen (secondary N) is 1. The van der Waals surface area contributed by atoms with Crippen LogP contribution in [0.25, 0.3) is 10.8 Å². The number of ether oxygens (including phenoxy) is 1. The Morgan fingerprint density at radius 2 is 1.88 bits per heavy atom. The first kappa shape index (κ1) is 16.5. The summed E-state index contributed by atoms with van der Waals surface area (Å²) in [5.41, 5.74) is 4.56. The summed E-state index contributed by atoms with van der Waals surface area (Å²) >= 11 is 0. The molecule has 1 aliphatic heterocycles. The van der Waals surface area contributed by atoms with Crippen LogP contribution in [0.1, 0.15) is 51.0 Å². The van der Waals surface area contributed by atoms with Gasteiger partial charge in [-0.25, -0.2) is 5.43 Å². The van der Waals surface area contributed by atoms with Crippen molar-refractivity contribution in [3.63, 3.8) is 0 Å². The van der Waals surface area contributed by atoms with Gasteiger partial charge in [-0.3, -0.25) is 4.79 Å². The zero-order valence-corrected chi connectivity index (χ0v) is 14.2.